The monoisotopic (exact) mass is 276 g/mol. The molecule has 1 amide bonds. The van der Waals surface area contributed by atoms with Gasteiger partial charge in [-0.2, -0.15) is 0 Å². The number of benzene rings is 1. The standard InChI is InChI=1S/C15H20N2O3/c1-10-4-5-12(8-11(10)2)17-13(18)9-16-15(14(19)20)6-3-7-15/h4-5,8,16H,3,6-7,9H2,1-2H3,(H,17,18)(H,19,20). The van der Waals surface area contributed by atoms with Gasteiger partial charge < -0.3 is 10.4 Å². The van der Waals surface area contributed by atoms with Gasteiger partial charge in [0.25, 0.3) is 0 Å². The van der Waals surface area contributed by atoms with E-state index >= 15 is 0 Å². The number of carboxylic acid groups (broad SMARTS) is 1. The van der Waals surface area contributed by atoms with Crippen LogP contribution in [0.5, 0.6) is 0 Å². The molecule has 1 fully saturated rings. The van der Waals surface area contributed by atoms with Crippen molar-refractivity contribution in [2.45, 2.75) is 38.6 Å². The predicted molar refractivity (Wildman–Crippen MR) is 76.8 cm³/mol. The first kappa shape index (κ1) is 14.5. The molecule has 0 aliphatic heterocycles. The second-order valence-corrected chi connectivity index (χ2v) is 5.44. The number of anilines is 1. The Hall–Kier alpha value is -1.88. The maximum atomic E-state index is 11.9. The third-order valence-electron chi connectivity index (χ3n) is 3.99. The summed E-state index contributed by atoms with van der Waals surface area (Å²) in [5.41, 5.74) is 2.11. The third-order valence-corrected chi connectivity index (χ3v) is 3.99. The highest BCUT2D eigenvalue weighted by Crippen LogP contribution is 2.31. The van der Waals surface area contributed by atoms with Crippen LogP contribution in [-0.4, -0.2) is 29.1 Å². The van der Waals surface area contributed by atoms with Crippen molar-refractivity contribution in [3.8, 4) is 0 Å². The van der Waals surface area contributed by atoms with E-state index in [9.17, 15) is 9.59 Å². The molecule has 3 N–H and O–H groups in total. The first-order valence-electron chi connectivity index (χ1n) is 6.78. The molecule has 20 heavy (non-hydrogen) atoms. The molecule has 5 nitrogen and oxygen atoms in total. The van der Waals surface area contributed by atoms with Crippen LogP contribution in [0.2, 0.25) is 0 Å². The lowest BCUT2D eigenvalue weighted by Gasteiger charge is -2.38. The van der Waals surface area contributed by atoms with Gasteiger partial charge in [-0.15, -0.1) is 0 Å². The third kappa shape index (κ3) is 2.99. The summed E-state index contributed by atoms with van der Waals surface area (Å²) in [7, 11) is 0. The van der Waals surface area contributed by atoms with Crippen LogP contribution in [0.15, 0.2) is 18.2 Å². The summed E-state index contributed by atoms with van der Waals surface area (Å²) in [6.45, 7) is 4.01. The Morgan fingerprint density at radius 1 is 1.25 bits per heavy atom. The van der Waals surface area contributed by atoms with Gasteiger partial charge >= 0.3 is 5.97 Å². The molecule has 2 rings (SSSR count). The van der Waals surface area contributed by atoms with Gasteiger partial charge in [0.15, 0.2) is 0 Å². The number of amides is 1. The summed E-state index contributed by atoms with van der Waals surface area (Å²) < 4.78 is 0. The fourth-order valence-corrected chi connectivity index (χ4v) is 2.27. The molecule has 1 aromatic rings. The molecule has 0 radical (unpaired) electrons. The number of aliphatic carboxylic acids is 1. The van der Waals surface area contributed by atoms with Crippen LogP contribution >= 0.6 is 0 Å². The zero-order valence-corrected chi connectivity index (χ0v) is 11.8. The molecule has 108 valence electrons. The molecule has 1 aromatic carbocycles. The molecule has 0 heterocycles. The lowest BCUT2D eigenvalue weighted by atomic mass is 9.77. The minimum atomic E-state index is -0.902. The topological polar surface area (TPSA) is 78.4 Å². The van der Waals surface area contributed by atoms with E-state index in [0.29, 0.717) is 12.8 Å². The van der Waals surface area contributed by atoms with Gasteiger partial charge in [0.2, 0.25) is 5.91 Å². The van der Waals surface area contributed by atoms with E-state index < -0.39 is 11.5 Å². The molecule has 0 aromatic heterocycles. The van der Waals surface area contributed by atoms with Gasteiger partial charge in [-0.05, 0) is 56.4 Å². The van der Waals surface area contributed by atoms with E-state index in [0.717, 1.165) is 17.7 Å². The smallest absolute Gasteiger partial charge is 0.323 e. The Kier molecular flexibility index (Phi) is 4.09. The highest BCUT2D eigenvalue weighted by Gasteiger charge is 2.44. The molecule has 1 saturated carbocycles. The van der Waals surface area contributed by atoms with E-state index in [1.807, 2.05) is 32.0 Å². The summed E-state index contributed by atoms with van der Waals surface area (Å²) in [5, 5.41) is 14.8. The normalized spacial score (nSPS) is 16.3. The Bertz CT molecular complexity index is 536. The highest BCUT2D eigenvalue weighted by molar-refractivity contribution is 5.93. The maximum Gasteiger partial charge on any atom is 0.323 e. The summed E-state index contributed by atoms with van der Waals surface area (Å²) in [6.07, 6.45) is 2.05. The second kappa shape index (κ2) is 5.63. The fraction of sp³-hybridized carbons (Fsp3) is 0.467. The second-order valence-electron chi connectivity index (χ2n) is 5.44. The Morgan fingerprint density at radius 3 is 2.45 bits per heavy atom. The van der Waals surface area contributed by atoms with Crippen LogP contribution in [-0.2, 0) is 9.59 Å². The van der Waals surface area contributed by atoms with Gasteiger partial charge in [-0.25, -0.2) is 0 Å². The molecular formula is C15H20N2O3. The van der Waals surface area contributed by atoms with Gasteiger partial charge in [0.1, 0.15) is 5.54 Å². The molecule has 1 aliphatic rings. The van der Waals surface area contributed by atoms with Crippen LogP contribution in [0.25, 0.3) is 0 Å². The fourth-order valence-electron chi connectivity index (χ4n) is 2.27. The lowest BCUT2D eigenvalue weighted by Crippen LogP contribution is -2.58. The van der Waals surface area contributed by atoms with Gasteiger partial charge in [-0.3, -0.25) is 14.9 Å². The summed E-state index contributed by atoms with van der Waals surface area (Å²) in [4.78, 5) is 23.0. The van der Waals surface area contributed by atoms with Crippen LogP contribution < -0.4 is 10.6 Å². The first-order valence-corrected chi connectivity index (χ1v) is 6.78. The molecule has 0 unspecified atom stereocenters. The minimum absolute atomic E-state index is 0.0131. The number of carbonyl (C=O) groups excluding carboxylic acids is 1. The Morgan fingerprint density at radius 2 is 1.95 bits per heavy atom. The van der Waals surface area contributed by atoms with Crippen molar-refractivity contribution >= 4 is 17.6 Å². The van der Waals surface area contributed by atoms with Gasteiger partial charge in [0.05, 0.1) is 6.54 Å². The largest absolute Gasteiger partial charge is 0.480 e. The van der Waals surface area contributed by atoms with Crippen molar-refractivity contribution < 1.29 is 14.7 Å². The molecular weight excluding hydrogens is 256 g/mol. The maximum absolute atomic E-state index is 11.9. The average Bonchev–Trinajstić information content (AvgIpc) is 2.32. The van der Waals surface area contributed by atoms with Crippen molar-refractivity contribution in [1.29, 1.82) is 0 Å². The van der Waals surface area contributed by atoms with E-state index in [2.05, 4.69) is 10.6 Å². The molecule has 0 bridgehead atoms. The number of hydrogen-bond acceptors (Lipinski definition) is 3. The van der Waals surface area contributed by atoms with E-state index in [4.69, 9.17) is 5.11 Å². The average molecular weight is 276 g/mol. The van der Waals surface area contributed by atoms with Crippen LogP contribution in [0, 0.1) is 13.8 Å². The van der Waals surface area contributed by atoms with Crippen molar-refractivity contribution in [1.82, 2.24) is 5.32 Å². The molecule has 1 aliphatic carbocycles. The van der Waals surface area contributed by atoms with E-state index in [1.165, 1.54) is 5.56 Å². The minimum Gasteiger partial charge on any atom is -0.480 e. The number of aryl methyl sites for hydroxylation is 2. The van der Waals surface area contributed by atoms with E-state index in [1.54, 1.807) is 0 Å². The first-order chi connectivity index (χ1) is 9.43. The zero-order chi connectivity index (χ0) is 14.8. The van der Waals surface area contributed by atoms with Crippen molar-refractivity contribution in [3.63, 3.8) is 0 Å². The number of nitrogens with one attached hydrogen (secondary N) is 2. The summed E-state index contributed by atoms with van der Waals surface area (Å²) >= 11 is 0. The summed E-state index contributed by atoms with van der Waals surface area (Å²) in [5.74, 6) is -1.09. The quantitative estimate of drug-likeness (QED) is 0.766. The van der Waals surface area contributed by atoms with Gasteiger partial charge in [0, 0.05) is 5.69 Å². The zero-order valence-electron chi connectivity index (χ0n) is 11.8. The molecule has 0 spiro atoms. The van der Waals surface area contributed by atoms with E-state index in [-0.39, 0.29) is 12.5 Å². The molecule has 0 atom stereocenters. The highest BCUT2D eigenvalue weighted by atomic mass is 16.4. The summed E-state index contributed by atoms with van der Waals surface area (Å²) in [6, 6.07) is 5.70. The molecule has 0 saturated heterocycles. The van der Waals surface area contributed by atoms with Crippen LogP contribution in [0.4, 0.5) is 5.69 Å². The number of rotatable bonds is 5. The number of hydrogen-bond donors (Lipinski definition) is 3. The predicted octanol–water partition coefficient (Wildman–Crippen LogP) is 1.84. The lowest BCUT2D eigenvalue weighted by molar-refractivity contribution is -0.148. The van der Waals surface area contributed by atoms with Crippen LogP contribution in [0.1, 0.15) is 30.4 Å². The van der Waals surface area contributed by atoms with Crippen molar-refractivity contribution in [2.75, 3.05) is 11.9 Å². The Balaban J connectivity index is 1.89. The van der Waals surface area contributed by atoms with Crippen molar-refractivity contribution in [3.05, 3.63) is 29.3 Å². The van der Waals surface area contributed by atoms with Gasteiger partial charge in [-0.1, -0.05) is 6.07 Å². The Labute approximate surface area is 118 Å². The number of carboxylic acids is 1. The molecule has 5 heteroatoms. The SMILES string of the molecule is Cc1ccc(NC(=O)CNC2(C(=O)O)CCC2)cc1C. The van der Waals surface area contributed by atoms with Crippen LogP contribution in [0.3, 0.4) is 0 Å². The van der Waals surface area contributed by atoms with Crippen molar-refractivity contribution in [2.24, 2.45) is 0 Å². The number of carbonyl (C=O) groups is 2.